The lowest BCUT2D eigenvalue weighted by molar-refractivity contribution is 0.109. The van der Waals surface area contributed by atoms with Gasteiger partial charge in [0.25, 0.3) is 0 Å². The Labute approximate surface area is 91.6 Å². The summed E-state index contributed by atoms with van der Waals surface area (Å²) in [5.41, 5.74) is 2.01. The van der Waals surface area contributed by atoms with Crippen LogP contribution in [0.1, 0.15) is 32.3 Å². The standard InChI is InChI=1S/C12H9NO3/c14-7-11-4-3-10(13-11)2-1-9-5-6-16-12(9)8-15/h1-8,13H/b2-1+. The molecule has 80 valence electrons. The van der Waals surface area contributed by atoms with Gasteiger partial charge in [-0.1, -0.05) is 0 Å². The van der Waals surface area contributed by atoms with Gasteiger partial charge in [0.05, 0.1) is 12.0 Å². The molecule has 4 nitrogen and oxygen atoms in total. The van der Waals surface area contributed by atoms with Crippen molar-refractivity contribution in [2.45, 2.75) is 0 Å². The van der Waals surface area contributed by atoms with E-state index < -0.39 is 0 Å². The summed E-state index contributed by atoms with van der Waals surface area (Å²) in [6, 6.07) is 5.16. The van der Waals surface area contributed by atoms with E-state index in [1.807, 2.05) is 0 Å². The number of aldehydes is 2. The van der Waals surface area contributed by atoms with Crippen molar-refractivity contribution < 1.29 is 14.0 Å². The molecule has 0 spiro atoms. The topological polar surface area (TPSA) is 63.1 Å². The van der Waals surface area contributed by atoms with Crippen molar-refractivity contribution >= 4 is 24.7 Å². The first-order valence-corrected chi connectivity index (χ1v) is 4.68. The maximum Gasteiger partial charge on any atom is 0.185 e. The number of carbonyl (C=O) groups excluding carboxylic acids is 2. The first-order valence-electron chi connectivity index (χ1n) is 4.68. The molecule has 0 aliphatic heterocycles. The van der Waals surface area contributed by atoms with Gasteiger partial charge in [-0.2, -0.15) is 0 Å². The summed E-state index contributed by atoms with van der Waals surface area (Å²) < 4.78 is 4.94. The van der Waals surface area contributed by atoms with Crippen molar-refractivity contribution in [3.05, 3.63) is 47.2 Å². The number of aromatic amines is 1. The number of H-pyrrole nitrogens is 1. The van der Waals surface area contributed by atoms with Crippen LogP contribution >= 0.6 is 0 Å². The van der Waals surface area contributed by atoms with Gasteiger partial charge >= 0.3 is 0 Å². The van der Waals surface area contributed by atoms with Crippen LogP contribution in [0.2, 0.25) is 0 Å². The Balaban J connectivity index is 2.20. The average molecular weight is 215 g/mol. The third-order valence-electron chi connectivity index (χ3n) is 2.13. The maximum absolute atomic E-state index is 10.6. The normalized spacial score (nSPS) is 10.8. The lowest BCUT2D eigenvalue weighted by Gasteiger charge is -1.87. The molecular formula is C12H9NO3. The molecule has 0 radical (unpaired) electrons. The molecule has 2 aromatic rings. The zero-order valence-electron chi connectivity index (χ0n) is 8.34. The Hall–Kier alpha value is -2.36. The summed E-state index contributed by atoms with van der Waals surface area (Å²) in [7, 11) is 0. The number of rotatable bonds is 4. The van der Waals surface area contributed by atoms with Crippen LogP contribution in [0, 0.1) is 0 Å². The maximum atomic E-state index is 10.6. The SMILES string of the molecule is O=Cc1ccc(/C=C/c2ccoc2C=O)[nH]1. The van der Waals surface area contributed by atoms with E-state index in [2.05, 4.69) is 4.98 Å². The summed E-state index contributed by atoms with van der Waals surface area (Å²) >= 11 is 0. The molecule has 0 bridgehead atoms. The number of aromatic nitrogens is 1. The minimum absolute atomic E-state index is 0.290. The fourth-order valence-electron chi connectivity index (χ4n) is 1.34. The Kier molecular flexibility index (Phi) is 2.82. The minimum Gasteiger partial charge on any atom is -0.461 e. The largest absolute Gasteiger partial charge is 0.461 e. The summed E-state index contributed by atoms with van der Waals surface area (Å²) in [4.78, 5) is 23.9. The van der Waals surface area contributed by atoms with Crippen LogP contribution in [-0.2, 0) is 0 Å². The van der Waals surface area contributed by atoms with Crippen LogP contribution in [-0.4, -0.2) is 17.6 Å². The third-order valence-corrected chi connectivity index (χ3v) is 2.13. The van der Waals surface area contributed by atoms with Crippen molar-refractivity contribution in [1.29, 1.82) is 0 Å². The Morgan fingerprint density at radius 1 is 1.00 bits per heavy atom. The van der Waals surface area contributed by atoms with Crippen LogP contribution < -0.4 is 0 Å². The van der Waals surface area contributed by atoms with Gasteiger partial charge in [0.15, 0.2) is 18.3 Å². The van der Waals surface area contributed by atoms with Crippen LogP contribution in [0.15, 0.2) is 28.9 Å². The monoisotopic (exact) mass is 215 g/mol. The fourth-order valence-corrected chi connectivity index (χ4v) is 1.34. The Bertz CT molecular complexity index is 534. The van der Waals surface area contributed by atoms with E-state index in [1.165, 1.54) is 6.26 Å². The minimum atomic E-state index is 0.290. The lowest BCUT2D eigenvalue weighted by atomic mass is 10.2. The van der Waals surface area contributed by atoms with Gasteiger partial charge in [-0.25, -0.2) is 0 Å². The van der Waals surface area contributed by atoms with Gasteiger partial charge in [-0.15, -0.1) is 0 Å². The molecule has 0 saturated heterocycles. The second-order valence-electron chi connectivity index (χ2n) is 3.18. The van der Waals surface area contributed by atoms with E-state index in [1.54, 1.807) is 30.4 Å². The molecule has 16 heavy (non-hydrogen) atoms. The average Bonchev–Trinajstić information content (AvgIpc) is 2.94. The van der Waals surface area contributed by atoms with Gasteiger partial charge in [-0.3, -0.25) is 9.59 Å². The lowest BCUT2D eigenvalue weighted by Crippen LogP contribution is -1.79. The number of nitrogens with one attached hydrogen (secondary N) is 1. The highest BCUT2D eigenvalue weighted by Crippen LogP contribution is 2.12. The first-order chi connectivity index (χ1) is 7.83. The molecule has 0 amide bonds. The second-order valence-corrected chi connectivity index (χ2v) is 3.18. The molecule has 0 saturated carbocycles. The first kappa shape index (κ1) is 10.2. The summed E-state index contributed by atoms with van der Waals surface area (Å²) in [5.74, 6) is 0.290. The van der Waals surface area contributed by atoms with Gasteiger partial charge in [0.2, 0.25) is 0 Å². The molecule has 0 fully saturated rings. The predicted molar refractivity (Wildman–Crippen MR) is 59.2 cm³/mol. The van der Waals surface area contributed by atoms with E-state index in [4.69, 9.17) is 4.42 Å². The van der Waals surface area contributed by atoms with E-state index in [9.17, 15) is 9.59 Å². The highest BCUT2D eigenvalue weighted by Gasteiger charge is 2.00. The summed E-state index contributed by atoms with van der Waals surface area (Å²) in [6.07, 6.45) is 6.37. The predicted octanol–water partition coefficient (Wildman–Crippen LogP) is 2.40. The van der Waals surface area contributed by atoms with Crippen molar-refractivity contribution in [3.8, 4) is 0 Å². The van der Waals surface area contributed by atoms with E-state index in [-0.39, 0.29) is 0 Å². The quantitative estimate of drug-likeness (QED) is 0.796. The van der Waals surface area contributed by atoms with E-state index in [0.717, 1.165) is 12.0 Å². The summed E-state index contributed by atoms with van der Waals surface area (Å²) in [5, 5.41) is 0. The highest BCUT2D eigenvalue weighted by atomic mass is 16.3. The molecule has 0 atom stereocenters. The second kappa shape index (κ2) is 4.44. The van der Waals surface area contributed by atoms with Crippen LogP contribution in [0.3, 0.4) is 0 Å². The zero-order chi connectivity index (χ0) is 11.4. The van der Waals surface area contributed by atoms with Crippen LogP contribution in [0.25, 0.3) is 12.2 Å². The molecule has 0 aromatic carbocycles. The molecule has 2 heterocycles. The fraction of sp³-hybridized carbons (Fsp3) is 0. The molecular weight excluding hydrogens is 206 g/mol. The molecule has 0 aliphatic carbocycles. The molecule has 0 aliphatic rings. The smallest absolute Gasteiger partial charge is 0.185 e. The van der Waals surface area contributed by atoms with E-state index in [0.29, 0.717) is 23.3 Å². The Morgan fingerprint density at radius 3 is 2.50 bits per heavy atom. The molecule has 1 N–H and O–H groups in total. The third kappa shape index (κ3) is 2.00. The van der Waals surface area contributed by atoms with Crippen molar-refractivity contribution in [2.75, 3.05) is 0 Å². The van der Waals surface area contributed by atoms with Gasteiger partial charge in [0.1, 0.15) is 0 Å². The summed E-state index contributed by atoms with van der Waals surface area (Å²) in [6.45, 7) is 0. The van der Waals surface area contributed by atoms with Crippen LogP contribution in [0.5, 0.6) is 0 Å². The van der Waals surface area contributed by atoms with Gasteiger partial charge < -0.3 is 9.40 Å². The molecule has 2 rings (SSSR count). The highest BCUT2D eigenvalue weighted by molar-refractivity contribution is 5.82. The van der Waals surface area contributed by atoms with Crippen LogP contribution in [0.4, 0.5) is 0 Å². The molecule has 0 unspecified atom stereocenters. The molecule has 4 heteroatoms. The number of carbonyl (C=O) groups is 2. The Morgan fingerprint density at radius 2 is 1.81 bits per heavy atom. The zero-order valence-corrected chi connectivity index (χ0v) is 8.34. The number of furan rings is 1. The van der Waals surface area contributed by atoms with Gasteiger partial charge in [0, 0.05) is 11.3 Å². The van der Waals surface area contributed by atoms with Crippen molar-refractivity contribution in [2.24, 2.45) is 0 Å². The van der Waals surface area contributed by atoms with E-state index >= 15 is 0 Å². The number of hydrogen-bond donors (Lipinski definition) is 1. The van der Waals surface area contributed by atoms with Gasteiger partial charge in [-0.05, 0) is 30.4 Å². The van der Waals surface area contributed by atoms with Crippen molar-refractivity contribution in [1.82, 2.24) is 4.98 Å². The number of hydrogen-bond acceptors (Lipinski definition) is 3. The molecule has 2 aromatic heterocycles. The van der Waals surface area contributed by atoms with Crippen molar-refractivity contribution in [3.63, 3.8) is 0 Å².